The summed E-state index contributed by atoms with van der Waals surface area (Å²) in [6, 6.07) is 10.8. The predicted octanol–water partition coefficient (Wildman–Crippen LogP) is 4.46. The first-order chi connectivity index (χ1) is 14.8. The van der Waals surface area contributed by atoms with Crippen molar-refractivity contribution < 1.29 is 28.2 Å². The molecule has 3 aromatic rings. The minimum atomic E-state index is -1.08. The number of halogens is 1. The van der Waals surface area contributed by atoms with E-state index in [0.29, 0.717) is 22.2 Å². The van der Waals surface area contributed by atoms with Gasteiger partial charge in [-0.2, -0.15) is 0 Å². The number of methoxy groups -OCH3 is 2. The van der Waals surface area contributed by atoms with Crippen molar-refractivity contribution in [1.82, 2.24) is 4.98 Å². The van der Waals surface area contributed by atoms with E-state index < -0.39 is 23.8 Å². The van der Waals surface area contributed by atoms with E-state index in [0.717, 1.165) is 16.9 Å². The first-order valence-electron chi connectivity index (χ1n) is 9.29. The van der Waals surface area contributed by atoms with E-state index in [-0.39, 0.29) is 10.6 Å². The topological polar surface area (TPSA) is 86.8 Å². The lowest BCUT2D eigenvalue weighted by Gasteiger charge is -2.13. The molecule has 0 aliphatic carbocycles. The largest absolute Gasteiger partial charge is 0.493 e. The van der Waals surface area contributed by atoms with Crippen molar-refractivity contribution in [3.63, 3.8) is 0 Å². The molecule has 1 atom stereocenters. The summed E-state index contributed by atoms with van der Waals surface area (Å²) in [6.45, 7) is 3.13. The fourth-order valence-corrected chi connectivity index (χ4v) is 3.70. The first-order valence-corrected chi connectivity index (χ1v) is 10.1. The van der Waals surface area contributed by atoms with Crippen LogP contribution in [0.25, 0.3) is 10.6 Å². The van der Waals surface area contributed by atoms with Crippen LogP contribution in [0.5, 0.6) is 11.5 Å². The third kappa shape index (κ3) is 5.18. The molecular formula is C22H21FN2O5S. The minimum Gasteiger partial charge on any atom is -0.493 e. The second-order valence-electron chi connectivity index (χ2n) is 6.55. The standard InChI is InChI=1S/C22H21FN2O5S/c1-12-19(31-21(24-12)14-8-9-17(28-3)18(10-14)29-4)22(27)30-13(2)20(26)25-16-7-5-6-15(23)11-16/h5-11,13H,1-4H3,(H,25,26). The molecule has 9 heteroatoms. The first kappa shape index (κ1) is 22.2. The number of rotatable bonds is 7. The highest BCUT2D eigenvalue weighted by atomic mass is 32.1. The molecule has 0 saturated heterocycles. The molecule has 7 nitrogen and oxygen atoms in total. The van der Waals surface area contributed by atoms with Crippen LogP contribution in [0.4, 0.5) is 10.1 Å². The molecule has 31 heavy (non-hydrogen) atoms. The number of esters is 1. The van der Waals surface area contributed by atoms with Crippen molar-refractivity contribution in [2.24, 2.45) is 0 Å². The van der Waals surface area contributed by atoms with E-state index in [1.807, 2.05) is 6.07 Å². The van der Waals surface area contributed by atoms with Crippen molar-refractivity contribution >= 4 is 28.9 Å². The maximum atomic E-state index is 13.3. The Balaban J connectivity index is 1.72. The molecule has 3 rings (SSSR count). The van der Waals surface area contributed by atoms with Crippen LogP contribution in [0.15, 0.2) is 42.5 Å². The van der Waals surface area contributed by atoms with E-state index >= 15 is 0 Å². The highest BCUT2D eigenvalue weighted by molar-refractivity contribution is 7.17. The maximum absolute atomic E-state index is 13.3. The van der Waals surface area contributed by atoms with Crippen LogP contribution in [0.2, 0.25) is 0 Å². The molecule has 1 aromatic heterocycles. The van der Waals surface area contributed by atoms with Gasteiger partial charge in [0.15, 0.2) is 17.6 Å². The molecule has 0 radical (unpaired) electrons. The summed E-state index contributed by atoms with van der Waals surface area (Å²) in [5.74, 6) is -0.591. The molecule has 0 saturated carbocycles. The van der Waals surface area contributed by atoms with Gasteiger partial charge in [-0.05, 0) is 50.2 Å². The molecule has 0 bridgehead atoms. The fourth-order valence-electron chi connectivity index (χ4n) is 2.76. The number of aromatic nitrogens is 1. The molecule has 1 heterocycles. The number of carbonyl (C=O) groups is 2. The SMILES string of the molecule is COc1ccc(-c2nc(C)c(C(=O)OC(C)C(=O)Nc3cccc(F)c3)s2)cc1OC. The van der Waals surface area contributed by atoms with Crippen molar-refractivity contribution in [1.29, 1.82) is 0 Å². The molecule has 0 fully saturated rings. The number of anilines is 1. The van der Waals surface area contributed by atoms with E-state index in [1.165, 1.54) is 38.3 Å². The number of nitrogens with zero attached hydrogens (tertiary/aromatic N) is 1. The summed E-state index contributed by atoms with van der Waals surface area (Å²) in [5, 5.41) is 3.11. The quantitative estimate of drug-likeness (QED) is 0.542. The lowest BCUT2D eigenvalue weighted by molar-refractivity contribution is -0.123. The maximum Gasteiger partial charge on any atom is 0.351 e. The third-order valence-corrected chi connectivity index (χ3v) is 5.54. The lowest BCUT2D eigenvalue weighted by Crippen LogP contribution is -2.30. The number of aryl methyl sites for hydroxylation is 1. The molecule has 0 aliphatic rings. The van der Waals surface area contributed by atoms with Gasteiger partial charge < -0.3 is 19.5 Å². The van der Waals surface area contributed by atoms with Crippen LogP contribution in [0, 0.1) is 12.7 Å². The number of ether oxygens (including phenoxy) is 3. The zero-order valence-corrected chi connectivity index (χ0v) is 18.2. The van der Waals surface area contributed by atoms with Crippen molar-refractivity contribution in [3.8, 4) is 22.1 Å². The average Bonchev–Trinajstić information content (AvgIpc) is 3.14. The van der Waals surface area contributed by atoms with Gasteiger partial charge in [0.25, 0.3) is 5.91 Å². The van der Waals surface area contributed by atoms with Gasteiger partial charge in [0.1, 0.15) is 15.7 Å². The van der Waals surface area contributed by atoms with Gasteiger partial charge in [-0.3, -0.25) is 4.79 Å². The van der Waals surface area contributed by atoms with Crippen molar-refractivity contribution in [3.05, 3.63) is 58.9 Å². The third-order valence-electron chi connectivity index (χ3n) is 4.36. The number of thiazole rings is 1. The zero-order chi connectivity index (χ0) is 22.5. The summed E-state index contributed by atoms with van der Waals surface area (Å²) < 4.78 is 29.1. The van der Waals surface area contributed by atoms with Crippen LogP contribution < -0.4 is 14.8 Å². The normalized spacial score (nSPS) is 11.5. The second kappa shape index (κ2) is 9.57. The Hall–Kier alpha value is -3.46. The lowest BCUT2D eigenvalue weighted by atomic mass is 10.2. The van der Waals surface area contributed by atoms with Gasteiger partial charge in [0.05, 0.1) is 19.9 Å². The Kier molecular flexibility index (Phi) is 6.86. The Morgan fingerprint density at radius 1 is 1.10 bits per heavy atom. The summed E-state index contributed by atoms with van der Waals surface area (Å²) >= 11 is 1.15. The van der Waals surface area contributed by atoms with E-state index in [4.69, 9.17) is 14.2 Å². The number of hydrogen-bond acceptors (Lipinski definition) is 7. The number of carbonyl (C=O) groups excluding carboxylic acids is 2. The van der Waals surface area contributed by atoms with Gasteiger partial charge in [-0.15, -0.1) is 11.3 Å². The van der Waals surface area contributed by atoms with Crippen molar-refractivity contribution in [2.75, 3.05) is 19.5 Å². The molecule has 1 N–H and O–H groups in total. The summed E-state index contributed by atoms with van der Waals surface area (Å²) in [5.41, 5.74) is 1.51. The van der Waals surface area contributed by atoms with Gasteiger partial charge >= 0.3 is 5.97 Å². The average molecular weight is 444 g/mol. The summed E-state index contributed by atoms with van der Waals surface area (Å²) in [6.07, 6.45) is -1.08. The Bertz CT molecular complexity index is 1120. The van der Waals surface area contributed by atoms with E-state index in [1.54, 1.807) is 26.2 Å². The Morgan fingerprint density at radius 2 is 1.84 bits per heavy atom. The summed E-state index contributed by atoms with van der Waals surface area (Å²) in [7, 11) is 3.08. The van der Waals surface area contributed by atoms with Crippen LogP contribution in [0.3, 0.4) is 0 Å². The van der Waals surface area contributed by atoms with Gasteiger partial charge in [-0.1, -0.05) is 6.07 Å². The van der Waals surface area contributed by atoms with E-state index in [9.17, 15) is 14.0 Å². The molecular weight excluding hydrogens is 423 g/mol. The molecule has 0 aliphatic heterocycles. The second-order valence-corrected chi connectivity index (χ2v) is 7.55. The number of benzene rings is 2. The van der Waals surface area contributed by atoms with Crippen LogP contribution >= 0.6 is 11.3 Å². The highest BCUT2D eigenvalue weighted by Crippen LogP contribution is 2.35. The van der Waals surface area contributed by atoms with Gasteiger partial charge in [0.2, 0.25) is 0 Å². The number of nitrogens with one attached hydrogen (secondary N) is 1. The smallest absolute Gasteiger partial charge is 0.351 e. The predicted molar refractivity (Wildman–Crippen MR) is 115 cm³/mol. The Morgan fingerprint density at radius 3 is 2.52 bits per heavy atom. The fraction of sp³-hybridized carbons (Fsp3) is 0.227. The molecule has 1 amide bonds. The minimum absolute atomic E-state index is 0.276. The highest BCUT2D eigenvalue weighted by Gasteiger charge is 2.23. The van der Waals surface area contributed by atoms with E-state index in [2.05, 4.69) is 10.3 Å². The molecule has 1 unspecified atom stereocenters. The van der Waals surface area contributed by atoms with Crippen LogP contribution in [-0.2, 0) is 9.53 Å². The van der Waals surface area contributed by atoms with Gasteiger partial charge in [0, 0.05) is 11.3 Å². The molecule has 162 valence electrons. The number of hydrogen-bond donors (Lipinski definition) is 1. The van der Waals surface area contributed by atoms with Crippen molar-refractivity contribution in [2.45, 2.75) is 20.0 Å². The monoisotopic (exact) mass is 444 g/mol. The Labute approximate surface area is 182 Å². The summed E-state index contributed by atoms with van der Waals surface area (Å²) in [4.78, 5) is 29.6. The number of amides is 1. The van der Waals surface area contributed by atoms with Crippen LogP contribution in [-0.4, -0.2) is 37.2 Å². The molecule has 0 spiro atoms. The van der Waals surface area contributed by atoms with Crippen LogP contribution in [0.1, 0.15) is 22.3 Å². The molecule has 2 aromatic carbocycles. The zero-order valence-electron chi connectivity index (χ0n) is 17.4. The van der Waals surface area contributed by atoms with Gasteiger partial charge in [-0.25, -0.2) is 14.2 Å².